The molecule has 0 aliphatic heterocycles. The van der Waals surface area contributed by atoms with Crippen LogP contribution in [0.5, 0.6) is 0 Å². The molecule has 0 aliphatic rings. The minimum atomic E-state index is -1.32. The molecule has 56 valence electrons. The van der Waals surface area contributed by atoms with Crippen LogP contribution in [0.15, 0.2) is 0 Å². The van der Waals surface area contributed by atoms with Gasteiger partial charge in [-0.05, 0) is 14.1 Å². The lowest BCUT2D eigenvalue weighted by Gasteiger charge is -2.15. The van der Waals surface area contributed by atoms with Crippen molar-refractivity contribution in [3.05, 3.63) is 0 Å². The molecule has 0 fully saturated rings. The highest BCUT2D eigenvalue weighted by atomic mass is 28.3. The van der Waals surface area contributed by atoms with E-state index in [-0.39, 0.29) is 0 Å². The number of nitrogens with zero attached hydrogens (tertiary/aromatic N) is 1. The van der Waals surface area contributed by atoms with E-state index in [1.165, 1.54) is 0 Å². The summed E-state index contributed by atoms with van der Waals surface area (Å²) in [6, 6.07) is 0. The predicted octanol–water partition coefficient (Wildman–Crippen LogP) is -0.400. The molecule has 9 heavy (non-hydrogen) atoms. The fourth-order valence-corrected chi connectivity index (χ4v) is 1.63. The lowest BCUT2D eigenvalue weighted by atomic mass is 11.0. The van der Waals surface area contributed by atoms with Gasteiger partial charge in [0.2, 0.25) is 0 Å². The van der Waals surface area contributed by atoms with Crippen molar-refractivity contribution in [2.75, 3.05) is 34.5 Å². The van der Waals surface area contributed by atoms with Crippen LogP contribution >= 0.6 is 0 Å². The van der Waals surface area contributed by atoms with Crippen molar-refractivity contribution in [2.24, 2.45) is 0 Å². The average Bonchev–Trinajstić information content (AvgIpc) is 1.82. The Labute approximate surface area is 58.4 Å². The summed E-state index contributed by atoms with van der Waals surface area (Å²) < 4.78 is 10.2. The summed E-state index contributed by atoms with van der Waals surface area (Å²) in [7, 11) is 6.10. The van der Waals surface area contributed by atoms with Gasteiger partial charge in [-0.3, -0.25) is 0 Å². The second kappa shape index (κ2) is 4.93. The summed E-state index contributed by atoms with van der Waals surface area (Å²) >= 11 is 0. The molecule has 3 nitrogen and oxygen atoms in total. The van der Waals surface area contributed by atoms with E-state index < -0.39 is 9.28 Å². The van der Waals surface area contributed by atoms with Gasteiger partial charge >= 0.3 is 9.28 Å². The zero-order valence-corrected chi connectivity index (χ0v) is 7.70. The summed E-state index contributed by atoms with van der Waals surface area (Å²) in [5.41, 5.74) is 0. The summed E-state index contributed by atoms with van der Waals surface area (Å²) in [5, 5.41) is 0. The Hall–Kier alpha value is 0.0969. The molecule has 0 radical (unpaired) electrons. The third-order valence-corrected chi connectivity index (χ3v) is 3.12. The molecule has 0 spiro atoms. The molecule has 0 N–H and O–H groups in total. The van der Waals surface area contributed by atoms with Crippen molar-refractivity contribution in [1.82, 2.24) is 4.90 Å². The quantitative estimate of drug-likeness (QED) is 0.508. The molecule has 0 amide bonds. The first-order valence-corrected chi connectivity index (χ1v) is 4.67. The van der Waals surface area contributed by atoms with Crippen LogP contribution in [0, 0.1) is 0 Å². The Bertz CT molecular complexity index is 66.0. The third kappa shape index (κ3) is 4.59. The molecule has 0 bridgehead atoms. The van der Waals surface area contributed by atoms with Gasteiger partial charge < -0.3 is 13.8 Å². The second-order valence-corrected chi connectivity index (χ2v) is 4.33. The molecule has 0 atom stereocenters. The molecule has 0 unspecified atom stereocenters. The summed E-state index contributed by atoms with van der Waals surface area (Å²) in [4.78, 5) is 2.07. The first kappa shape index (κ1) is 9.10. The van der Waals surface area contributed by atoms with E-state index in [1.54, 1.807) is 14.2 Å². The Morgan fingerprint density at radius 1 is 1.22 bits per heavy atom. The van der Waals surface area contributed by atoms with Crippen molar-refractivity contribution in [2.45, 2.75) is 0 Å². The van der Waals surface area contributed by atoms with Gasteiger partial charge in [0.25, 0.3) is 0 Å². The lowest BCUT2D eigenvalue weighted by molar-refractivity contribution is 0.257. The van der Waals surface area contributed by atoms with Crippen molar-refractivity contribution in [3.63, 3.8) is 0 Å². The van der Waals surface area contributed by atoms with E-state index in [2.05, 4.69) is 4.90 Å². The maximum atomic E-state index is 5.09. The maximum Gasteiger partial charge on any atom is 0.335 e. The van der Waals surface area contributed by atoms with Crippen LogP contribution in [0.1, 0.15) is 0 Å². The molecule has 0 aromatic carbocycles. The molecular weight excluding hydrogens is 134 g/mol. The van der Waals surface area contributed by atoms with Crippen LogP contribution in [0.3, 0.4) is 0 Å². The first-order valence-electron chi connectivity index (χ1n) is 2.91. The Balaban J connectivity index is 3.31. The van der Waals surface area contributed by atoms with E-state index in [1.807, 2.05) is 14.1 Å². The molecule has 4 heteroatoms. The monoisotopic (exact) mass is 149 g/mol. The zero-order valence-electron chi connectivity index (χ0n) is 6.55. The highest BCUT2D eigenvalue weighted by molar-refractivity contribution is 6.44. The van der Waals surface area contributed by atoms with Gasteiger partial charge in [-0.25, -0.2) is 0 Å². The molecular formula is C5H15NO2Si. The molecule has 0 saturated carbocycles. The summed E-state index contributed by atoms with van der Waals surface area (Å²) in [5.74, 6) is 0. The molecule has 0 aromatic rings. The van der Waals surface area contributed by atoms with Gasteiger partial charge in [-0.2, -0.15) is 0 Å². The topological polar surface area (TPSA) is 21.7 Å². The lowest BCUT2D eigenvalue weighted by Crippen LogP contribution is -2.33. The minimum absolute atomic E-state index is 0.938. The fourth-order valence-electron chi connectivity index (χ4n) is 0.543. The van der Waals surface area contributed by atoms with Crippen LogP contribution in [-0.4, -0.2) is 48.7 Å². The number of hydrogen-bond donors (Lipinski definition) is 0. The van der Waals surface area contributed by atoms with E-state index in [0.29, 0.717) is 0 Å². The van der Waals surface area contributed by atoms with Crippen molar-refractivity contribution in [3.8, 4) is 0 Å². The highest BCUT2D eigenvalue weighted by Crippen LogP contribution is 1.85. The van der Waals surface area contributed by atoms with Crippen LogP contribution in [0.2, 0.25) is 0 Å². The van der Waals surface area contributed by atoms with Crippen LogP contribution < -0.4 is 0 Å². The molecule has 0 aromatic heterocycles. The van der Waals surface area contributed by atoms with Crippen molar-refractivity contribution in [1.29, 1.82) is 0 Å². The largest absolute Gasteiger partial charge is 0.399 e. The van der Waals surface area contributed by atoms with Gasteiger partial charge in [0.05, 0.1) is 0 Å². The SMILES string of the molecule is CO[SiH](CN(C)C)OC. The molecule has 0 saturated heterocycles. The van der Waals surface area contributed by atoms with Crippen LogP contribution in [0.4, 0.5) is 0 Å². The van der Waals surface area contributed by atoms with Crippen molar-refractivity contribution >= 4 is 9.28 Å². The second-order valence-electron chi connectivity index (χ2n) is 2.16. The molecule has 0 rings (SSSR count). The van der Waals surface area contributed by atoms with Gasteiger partial charge in [0.15, 0.2) is 0 Å². The number of hydrogen-bond acceptors (Lipinski definition) is 3. The average molecular weight is 149 g/mol. The van der Waals surface area contributed by atoms with E-state index >= 15 is 0 Å². The van der Waals surface area contributed by atoms with Gasteiger partial charge in [0.1, 0.15) is 0 Å². The minimum Gasteiger partial charge on any atom is -0.399 e. The first-order chi connectivity index (χ1) is 4.20. The van der Waals surface area contributed by atoms with Gasteiger partial charge in [-0.1, -0.05) is 0 Å². The van der Waals surface area contributed by atoms with Gasteiger partial charge in [0, 0.05) is 20.4 Å². The van der Waals surface area contributed by atoms with Gasteiger partial charge in [-0.15, -0.1) is 0 Å². The van der Waals surface area contributed by atoms with E-state index in [0.717, 1.165) is 6.17 Å². The Morgan fingerprint density at radius 3 is 1.78 bits per heavy atom. The zero-order chi connectivity index (χ0) is 7.28. The van der Waals surface area contributed by atoms with E-state index in [4.69, 9.17) is 8.85 Å². The normalized spacial score (nSPS) is 11.3. The fraction of sp³-hybridized carbons (Fsp3) is 1.00. The summed E-state index contributed by atoms with van der Waals surface area (Å²) in [6.45, 7) is 0. The molecule has 0 heterocycles. The number of rotatable bonds is 4. The maximum absolute atomic E-state index is 5.09. The molecule has 0 aliphatic carbocycles. The predicted molar refractivity (Wildman–Crippen MR) is 39.7 cm³/mol. The Morgan fingerprint density at radius 2 is 1.67 bits per heavy atom. The third-order valence-electron chi connectivity index (χ3n) is 1.04. The smallest absolute Gasteiger partial charge is 0.335 e. The van der Waals surface area contributed by atoms with Crippen LogP contribution in [0.25, 0.3) is 0 Å². The van der Waals surface area contributed by atoms with Crippen LogP contribution in [-0.2, 0) is 8.85 Å². The summed E-state index contributed by atoms with van der Waals surface area (Å²) in [6.07, 6.45) is 0.938. The van der Waals surface area contributed by atoms with Crippen molar-refractivity contribution < 1.29 is 8.85 Å². The standard InChI is InChI=1S/C5H15NO2Si/c1-6(2)5-9(7-3)8-4/h9H,5H2,1-4H3. The Kier molecular flexibility index (Phi) is 4.98. The highest BCUT2D eigenvalue weighted by Gasteiger charge is 2.09. The van der Waals surface area contributed by atoms with E-state index in [9.17, 15) is 0 Å².